The van der Waals surface area contributed by atoms with Crippen molar-refractivity contribution < 1.29 is 19.5 Å². The fraction of sp³-hybridized carbons (Fsp3) is 0.0870. The first-order valence-electron chi connectivity index (χ1n) is 8.96. The number of benzene rings is 3. The summed E-state index contributed by atoms with van der Waals surface area (Å²) < 4.78 is 0. The number of carboxylic acid groups (broad SMARTS) is 1. The zero-order valence-corrected chi connectivity index (χ0v) is 16.0. The van der Waals surface area contributed by atoms with Crippen molar-refractivity contribution in [2.45, 2.75) is 13.8 Å². The maximum absolute atomic E-state index is 12.8. The van der Waals surface area contributed by atoms with E-state index in [0.29, 0.717) is 22.5 Å². The van der Waals surface area contributed by atoms with Crippen LogP contribution in [0.3, 0.4) is 0 Å². The molecule has 6 nitrogen and oxygen atoms in total. The lowest BCUT2D eigenvalue weighted by atomic mass is 10.1. The number of amides is 2. The third kappa shape index (κ3) is 4.50. The fourth-order valence-corrected chi connectivity index (χ4v) is 2.95. The van der Waals surface area contributed by atoms with Crippen LogP contribution in [-0.4, -0.2) is 17.8 Å². The first-order valence-corrected chi connectivity index (χ1v) is 8.96. The van der Waals surface area contributed by atoms with Gasteiger partial charge in [-0.05, 0) is 49.7 Å². The molecule has 0 saturated carbocycles. The molecule has 0 heterocycles. The topological polar surface area (TPSA) is 98.3 Å². The second-order valence-electron chi connectivity index (χ2n) is 6.59. The summed E-state index contributed by atoms with van der Waals surface area (Å²) in [6, 6.07) is 18.3. The molecule has 146 valence electrons. The highest BCUT2D eigenvalue weighted by Crippen LogP contribution is 2.22. The number of carboxylic acids is 1. The first-order chi connectivity index (χ1) is 13.9. The summed E-state index contributed by atoms with van der Waals surface area (Å²) in [5.74, 6) is -2.11. The summed E-state index contributed by atoms with van der Waals surface area (Å²) in [6.07, 6.45) is 0. The quantitative estimate of drug-likeness (QED) is 0.702. The summed E-state index contributed by atoms with van der Waals surface area (Å²) in [6.45, 7) is 3.48. The van der Waals surface area contributed by atoms with Crippen LogP contribution in [0.25, 0.3) is 0 Å². The number of para-hydroxylation sites is 1. The second kappa shape index (κ2) is 8.39. The zero-order chi connectivity index (χ0) is 21.0. The van der Waals surface area contributed by atoms with Crippen molar-refractivity contribution in [2.24, 2.45) is 0 Å². The van der Waals surface area contributed by atoms with E-state index in [-0.39, 0.29) is 17.0 Å². The number of nitrogens with one attached hydrogen (secondary N) is 2. The van der Waals surface area contributed by atoms with Crippen LogP contribution in [0.4, 0.5) is 11.4 Å². The maximum Gasteiger partial charge on any atom is 0.257 e. The molecule has 3 aromatic carbocycles. The van der Waals surface area contributed by atoms with Crippen molar-refractivity contribution >= 4 is 29.2 Å². The minimum Gasteiger partial charge on any atom is -0.545 e. The van der Waals surface area contributed by atoms with Crippen molar-refractivity contribution in [3.8, 4) is 0 Å². The van der Waals surface area contributed by atoms with Gasteiger partial charge in [0, 0.05) is 16.8 Å². The lowest BCUT2D eigenvalue weighted by Crippen LogP contribution is -2.24. The molecule has 0 fully saturated rings. The van der Waals surface area contributed by atoms with Crippen LogP contribution in [0.1, 0.15) is 42.2 Å². The van der Waals surface area contributed by atoms with E-state index in [2.05, 4.69) is 10.6 Å². The lowest BCUT2D eigenvalue weighted by molar-refractivity contribution is -0.255. The van der Waals surface area contributed by atoms with Crippen LogP contribution in [0.5, 0.6) is 0 Å². The normalized spacial score (nSPS) is 10.3. The smallest absolute Gasteiger partial charge is 0.257 e. The van der Waals surface area contributed by atoms with Gasteiger partial charge in [0.15, 0.2) is 0 Å². The van der Waals surface area contributed by atoms with Gasteiger partial charge in [0.25, 0.3) is 11.8 Å². The van der Waals surface area contributed by atoms with Crippen LogP contribution < -0.4 is 15.7 Å². The second-order valence-corrected chi connectivity index (χ2v) is 6.59. The van der Waals surface area contributed by atoms with E-state index in [9.17, 15) is 19.5 Å². The van der Waals surface area contributed by atoms with E-state index < -0.39 is 11.9 Å². The van der Waals surface area contributed by atoms with Crippen molar-refractivity contribution in [1.29, 1.82) is 0 Å². The molecule has 0 aliphatic carbocycles. The summed E-state index contributed by atoms with van der Waals surface area (Å²) in [7, 11) is 0. The van der Waals surface area contributed by atoms with Gasteiger partial charge >= 0.3 is 0 Å². The highest BCUT2D eigenvalue weighted by molar-refractivity contribution is 6.13. The van der Waals surface area contributed by atoms with Gasteiger partial charge < -0.3 is 20.5 Å². The summed E-state index contributed by atoms with van der Waals surface area (Å²) in [5.41, 5.74) is 2.80. The zero-order valence-electron chi connectivity index (χ0n) is 16.0. The van der Waals surface area contributed by atoms with Crippen LogP contribution in [0, 0.1) is 13.8 Å². The average molecular weight is 387 g/mol. The summed E-state index contributed by atoms with van der Waals surface area (Å²) in [4.78, 5) is 36.6. The predicted molar refractivity (Wildman–Crippen MR) is 109 cm³/mol. The molecule has 0 unspecified atom stereocenters. The number of carbonyl (C=O) groups excluding carboxylic acids is 3. The molecule has 0 radical (unpaired) electrons. The van der Waals surface area contributed by atoms with Crippen molar-refractivity contribution in [2.75, 3.05) is 10.6 Å². The predicted octanol–water partition coefficient (Wildman–Crippen LogP) is 3.17. The van der Waals surface area contributed by atoms with Crippen molar-refractivity contribution in [3.05, 3.63) is 94.5 Å². The Balaban J connectivity index is 1.85. The van der Waals surface area contributed by atoms with E-state index in [1.54, 1.807) is 55.5 Å². The minimum absolute atomic E-state index is 0.00355. The number of hydrogen-bond donors (Lipinski definition) is 2. The number of hydrogen-bond acceptors (Lipinski definition) is 4. The third-order valence-corrected chi connectivity index (χ3v) is 4.50. The fourth-order valence-electron chi connectivity index (χ4n) is 2.95. The molecule has 3 rings (SSSR count). The van der Waals surface area contributed by atoms with Crippen LogP contribution in [0.2, 0.25) is 0 Å². The molecule has 2 N–H and O–H groups in total. The molecule has 0 spiro atoms. The number of aromatic carboxylic acids is 1. The maximum atomic E-state index is 12.8. The Morgan fingerprint density at radius 1 is 0.724 bits per heavy atom. The monoisotopic (exact) mass is 387 g/mol. The van der Waals surface area contributed by atoms with Gasteiger partial charge in [-0.25, -0.2) is 0 Å². The Morgan fingerprint density at radius 3 is 2.07 bits per heavy atom. The Kier molecular flexibility index (Phi) is 5.74. The van der Waals surface area contributed by atoms with Crippen LogP contribution in [-0.2, 0) is 0 Å². The average Bonchev–Trinajstić information content (AvgIpc) is 2.69. The Hall–Kier alpha value is -3.93. The van der Waals surface area contributed by atoms with E-state index in [0.717, 1.165) is 5.56 Å². The molecule has 0 aromatic heterocycles. The SMILES string of the molecule is Cc1cccc(C(=O)Nc2ccccc2C(=O)Nc2cccc(C(=O)[O-])c2C)c1. The highest BCUT2D eigenvalue weighted by atomic mass is 16.4. The molecular formula is C23H19N2O4-. The largest absolute Gasteiger partial charge is 0.545 e. The molecule has 0 aliphatic heterocycles. The summed E-state index contributed by atoms with van der Waals surface area (Å²) in [5, 5.41) is 16.7. The van der Waals surface area contributed by atoms with Gasteiger partial charge in [0.05, 0.1) is 17.2 Å². The van der Waals surface area contributed by atoms with Crippen LogP contribution in [0.15, 0.2) is 66.7 Å². The lowest BCUT2D eigenvalue weighted by Gasteiger charge is -2.15. The Morgan fingerprint density at radius 2 is 1.34 bits per heavy atom. The van der Waals surface area contributed by atoms with Crippen LogP contribution >= 0.6 is 0 Å². The van der Waals surface area contributed by atoms with Crippen molar-refractivity contribution in [1.82, 2.24) is 0 Å². The molecule has 0 aliphatic rings. The van der Waals surface area contributed by atoms with Gasteiger partial charge in [-0.1, -0.05) is 42.0 Å². The van der Waals surface area contributed by atoms with E-state index in [4.69, 9.17) is 0 Å². The minimum atomic E-state index is -1.32. The van der Waals surface area contributed by atoms with Gasteiger partial charge in [0.1, 0.15) is 0 Å². The van der Waals surface area contributed by atoms with E-state index >= 15 is 0 Å². The van der Waals surface area contributed by atoms with Gasteiger partial charge in [0.2, 0.25) is 0 Å². The Bertz CT molecular complexity index is 1110. The summed E-state index contributed by atoms with van der Waals surface area (Å²) >= 11 is 0. The molecule has 0 bridgehead atoms. The number of anilines is 2. The molecule has 2 amide bonds. The first kappa shape index (κ1) is 19.8. The Labute approximate surface area is 168 Å². The van der Waals surface area contributed by atoms with Crippen molar-refractivity contribution in [3.63, 3.8) is 0 Å². The number of aryl methyl sites for hydroxylation is 1. The van der Waals surface area contributed by atoms with Gasteiger partial charge in [-0.3, -0.25) is 9.59 Å². The molecule has 6 heteroatoms. The molecule has 0 saturated heterocycles. The number of rotatable bonds is 5. The number of carbonyl (C=O) groups is 3. The van der Waals surface area contributed by atoms with Gasteiger partial charge in [-0.2, -0.15) is 0 Å². The van der Waals surface area contributed by atoms with E-state index in [1.165, 1.54) is 12.1 Å². The van der Waals surface area contributed by atoms with Gasteiger partial charge in [-0.15, -0.1) is 0 Å². The highest BCUT2D eigenvalue weighted by Gasteiger charge is 2.16. The van der Waals surface area contributed by atoms with E-state index in [1.807, 2.05) is 13.0 Å². The molecular weight excluding hydrogens is 368 g/mol. The molecule has 29 heavy (non-hydrogen) atoms. The molecule has 0 atom stereocenters. The standard InChI is InChI=1S/C23H20N2O4/c1-14-7-5-8-16(13-14)21(26)25-20-11-4-3-9-18(20)22(27)24-19-12-6-10-17(15(19)2)23(28)29/h3-13H,1-2H3,(H,24,27)(H,25,26)(H,28,29)/p-1. The molecule has 3 aromatic rings. The third-order valence-electron chi connectivity index (χ3n) is 4.50.